The van der Waals surface area contributed by atoms with Crippen LogP contribution in [-0.2, 0) is 19.5 Å². The highest BCUT2D eigenvalue weighted by Gasteiger charge is 2.33. The Morgan fingerprint density at radius 2 is 1.70 bits per heavy atom. The maximum Gasteiger partial charge on any atom is 0.209 e. The summed E-state index contributed by atoms with van der Waals surface area (Å²) in [5.41, 5.74) is -0.377. The fraction of sp³-hybridized carbons (Fsp3) is 1.00. The Bertz CT molecular complexity index is 382. The third-order valence-electron chi connectivity index (χ3n) is 4.29. The van der Waals surface area contributed by atoms with E-state index in [1.165, 1.54) is 0 Å². The molecule has 2 N–H and O–H groups in total. The van der Waals surface area contributed by atoms with Crippen LogP contribution in [0.25, 0.3) is 0 Å². The number of hydrogen-bond acceptors (Lipinski definition) is 4. The highest BCUT2D eigenvalue weighted by atomic mass is 32.2. The first-order valence-corrected chi connectivity index (χ1v) is 9.19. The van der Waals surface area contributed by atoms with Gasteiger partial charge in [0.05, 0.1) is 30.7 Å². The van der Waals surface area contributed by atoms with E-state index in [-0.39, 0.29) is 29.5 Å². The van der Waals surface area contributed by atoms with Gasteiger partial charge in [0.25, 0.3) is 0 Å². The fourth-order valence-corrected chi connectivity index (χ4v) is 4.25. The quantitative estimate of drug-likeness (QED) is 0.781. The molecular weight excluding hydrogens is 278 g/mol. The number of rotatable bonds is 7. The van der Waals surface area contributed by atoms with Crippen LogP contribution in [0.2, 0.25) is 0 Å². The van der Waals surface area contributed by atoms with Crippen LogP contribution >= 0.6 is 0 Å². The zero-order valence-electron chi connectivity index (χ0n) is 13.1. The van der Waals surface area contributed by atoms with Crippen LogP contribution in [0.1, 0.15) is 53.4 Å². The van der Waals surface area contributed by atoms with Crippen molar-refractivity contribution in [2.24, 2.45) is 10.6 Å². The van der Waals surface area contributed by atoms with E-state index in [0.717, 1.165) is 25.7 Å². The summed E-state index contributed by atoms with van der Waals surface area (Å²) >= 11 is 0. The SMILES string of the molecule is CCC(CC)(COC1CC(C)OC(C)C1)CS(N)(=O)=O. The molecule has 1 fully saturated rings. The topological polar surface area (TPSA) is 78.6 Å². The number of primary sulfonamides is 1. The van der Waals surface area contributed by atoms with Gasteiger partial charge in [-0.2, -0.15) is 0 Å². The Hall–Kier alpha value is -0.170. The van der Waals surface area contributed by atoms with Gasteiger partial charge in [-0.05, 0) is 39.5 Å². The van der Waals surface area contributed by atoms with Crippen molar-refractivity contribution >= 4 is 10.0 Å². The third-order valence-corrected chi connectivity index (χ3v) is 5.30. The summed E-state index contributed by atoms with van der Waals surface area (Å²) in [6, 6.07) is 0. The van der Waals surface area contributed by atoms with Crippen molar-refractivity contribution in [1.29, 1.82) is 0 Å². The molecule has 5 nitrogen and oxygen atoms in total. The van der Waals surface area contributed by atoms with Crippen LogP contribution in [0.15, 0.2) is 0 Å². The van der Waals surface area contributed by atoms with Gasteiger partial charge < -0.3 is 9.47 Å². The molecule has 20 heavy (non-hydrogen) atoms. The van der Waals surface area contributed by atoms with Gasteiger partial charge in [-0.15, -0.1) is 0 Å². The van der Waals surface area contributed by atoms with Crippen molar-refractivity contribution in [1.82, 2.24) is 0 Å². The second-order valence-corrected chi connectivity index (χ2v) is 7.79. The highest BCUT2D eigenvalue weighted by molar-refractivity contribution is 7.89. The van der Waals surface area contributed by atoms with Crippen molar-refractivity contribution in [3.63, 3.8) is 0 Å². The van der Waals surface area contributed by atoms with Crippen LogP contribution in [-0.4, -0.2) is 39.1 Å². The Morgan fingerprint density at radius 3 is 2.10 bits per heavy atom. The van der Waals surface area contributed by atoms with Gasteiger partial charge in [0.15, 0.2) is 0 Å². The van der Waals surface area contributed by atoms with E-state index in [2.05, 4.69) is 0 Å². The zero-order chi connectivity index (χ0) is 15.4. The smallest absolute Gasteiger partial charge is 0.209 e. The molecule has 1 saturated heterocycles. The van der Waals surface area contributed by atoms with E-state index < -0.39 is 10.0 Å². The van der Waals surface area contributed by atoms with Crippen LogP contribution in [0.3, 0.4) is 0 Å². The predicted molar refractivity (Wildman–Crippen MR) is 80.0 cm³/mol. The summed E-state index contributed by atoms with van der Waals surface area (Å²) in [4.78, 5) is 0. The highest BCUT2D eigenvalue weighted by Crippen LogP contribution is 2.30. The lowest BCUT2D eigenvalue weighted by Crippen LogP contribution is -2.40. The van der Waals surface area contributed by atoms with Crippen LogP contribution < -0.4 is 5.14 Å². The van der Waals surface area contributed by atoms with E-state index in [1.807, 2.05) is 27.7 Å². The van der Waals surface area contributed by atoms with Crippen molar-refractivity contribution in [2.45, 2.75) is 71.7 Å². The molecule has 1 aliphatic heterocycles. The predicted octanol–water partition coefficient (Wildman–Crippen LogP) is 2.05. The van der Waals surface area contributed by atoms with Crippen molar-refractivity contribution < 1.29 is 17.9 Å². The molecule has 6 heteroatoms. The van der Waals surface area contributed by atoms with Gasteiger partial charge >= 0.3 is 0 Å². The molecule has 2 atom stereocenters. The maximum absolute atomic E-state index is 11.4. The molecule has 1 aliphatic rings. The first-order chi connectivity index (χ1) is 9.19. The molecule has 0 spiro atoms. The van der Waals surface area contributed by atoms with E-state index >= 15 is 0 Å². The van der Waals surface area contributed by atoms with E-state index in [1.54, 1.807) is 0 Å². The Labute approximate surface area is 123 Å². The van der Waals surface area contributed by atoms with Crippen molar-refractivity contribution in [3.05, 3.63) is 0 Å². The Morgan fingerprint density at radius 1 is 1.20 bits per heavy atom. The maximum atomic E-state index is 11.4. The lowest BCUT2D eigenvalue weighted by Gasteiger charge is -2.36. The normalized spacial score (nSPS) is 28.6. The van der Waals surface area contributed by atoms with Gasteiger partial charge in [0.2, 0.25) is 10.0 Å². The second-order valence-electron chi connectivity index (χ2n) is 6.18. The van der Waals surface area contributed by atoms with Crippen molar-refractivity contribution in [3.8, 4) is 0 Å². The molecule has 120 valence electrons. The van der Waals surface area contributed by atoms with E-state index in [4.69, 9.17) is 14.6 Å². The van der Waals surface area contributed by atoms with E-state index in [9.17, 15) is 8.42 Å². The minimum atomic E-state index is -3.49. The first-order valence-electron chi connectivity index (χ1n) is 7.47. The average molecular weight is 307 g/mol. The molecule has 0 bridgehead atoms. The van der Waals surface area contributed by atoms with Gasteiger partial charge in [0, 0.05) is 5.41 Å². The molecule has 1 rings (SSSR count). The molecule has 0 radical (unpaired) electrons. The lowest BCUT2D eigenvalue weighted by molar-refractivity contribution is -0.114. The Kier molecular flexibility index (Phi) is 6.44. The summed E-state index contributed by atoms with van der Waals surface area (Å²) in [6.07, 6.45) is 3.75. The van der Waals surface area contributed by atoms with Gasteiger partial charge in [-0.3, -0.25) is 0 Å². The van der Waals surface area contributed by atoms with Crippen LogP contribution in [0, 0.1) is 5.41 Å². The monoisotopic (exact) mass is 307 g/mol. The molecule has 0 aromatic heterocycles. The minimum absolute atomic E-state index is 0.0126. The summed E-state index contributed by atoms with van der Waals surface area (Å²) in [5, 5.41) is 5.22. The minimum Gasteiger partial charge on any atom is -0.377 e. The Balaban J connectivity index is 2.62. The van der Waals surface area contributed by atoms with Crippen molar-refractivity contribution in [2.75, 3.05) is 12.4 Å². The van der Waals surface area contributed by atoms with Crippen LogP contribution in [0.4, 0.5) is 0 Å². The number of nitrogens with two attached hydrogens (primary N) is 1. The zero-order valence-corrected chi connectivity index (χ0v) is 13.9. The molecule has 0 amide bonds. The van der Waals surface area contributed by atoms with Gasteiger partial charge in [-0.1, -0.05) is 13.8 Å². The van der Waals surface area contributed by atoms with E-state index in [0.29, 0.717) is 6.61 Å². The lowest BCUT2D eigenvalue weighted by atomic mass is 9.85. The fourth-order valence-electron chi connectivity index (χ4n) is 2.90. The summed E-state index contributed by atoms with van der Waals surface area (Å²) in [7, 11) is -3.49. The third kappa shape index (κ3) is 5.68. The first kappa shape index (κ1) is 17.9. The average Bonchev–Trinajstić information content (AvgIpc) is 2.32. The molecule has 0 aromatic rings. The second kappa shape index (κ2) is 7.20. The van der Waals surface area contributed by atoms with Gasteiger partial charge in [0.1, 0.15) is 0 Å². The number of hydrogen-bond donors (Lipinski definition) is 1. The molecular formula is C14H29NO4S. The standard InChI is InChI=1S/C14H29NO4S/c1-5-14(6-2,10-20(15,16)17)9-18-13-7-11(3)19-12(4)8-13/h11-13H,5-10H2,1-4H3,(H2,15,16,17). The van der Waals surface area contributed by atoms with Gasteiger partial charge in [-0.25, -0.2) is 13.6 Å². The molecule has 0 saturated carbocycles. The summed E-state index contributed by atoms with van der Waals surface area (Å²) in [5.74, 6) is -0.0126. The molecule has 1 heterocycles. The number of sulfonamides is 1. The molecule has 2 unspecified atom stereocenters. The largest absolute Gasteiger partial charge is 0.377 e. The molecule has 0 aliphatic carbocycles. The number of ether oxygens (including phenoxy) is 2. The summed E-state index contributed by atoms with van der Waals surface area (Å²) in [6.45, 7) is 8.52. The van der Waals surface area contributed by atoms with Crippen LogP contribution in [0.5, 0.6) is 0 Å². The summed E-state index contributed by atoms with van der Waals surface area (Å²) < 4.78 is 34.5. The molecule has 0 aromatic carbocycles.